The largest absolute Gasteiger partial charge is 0.434 e. The Balaban J connectivity index is 1.59. The van der Waals surface area contributed by atoms with E-state index >= 15 is 0 Å². The molecule has 0 radical (unpaired) electrons. The number of benzene rings is 1. The van der Waals surface area contributed by atoms with E-state index < -0.39 is 5.76 Å². The summed E-state index contributed by atoms with van der Waals surface area (Å²) >= 11 is 1.46. The second kappa shape index (κ2) is 7.03. The SMILES string of the molecule is CSc1ncc2c(n1)N1CCC[C@H]1CN(c1cccc(-c3n[nH]c(=O)o3)c1)C2=O. The standard InChI is InChI=1S/C19H18N6O3S/c1-29-18-20-9-14-15(21-18)24-7-3-6-13(24)10-25(17(14)26)12-5-2-4-11(8-12)16-22-23-19(27)28-16/h2,4-5,8-9,13H,3,6-7,10H2,1H3,(H,23,27)/t13-/m0/s1. The van der Waals surface area contributed by atoms with Crippen molar-refractivity contribution in [2.24, 2.45) is 0 Å². The van der Waals surface area contributed by atoms with Crippen molar-refractivity contribution < 1.29 is 9.21 Å². The van der Waals surface area contributed by atoms with Crippen LogP contribution in [0, 0.1) is 0 Å². The number of aromatic nitrogens is 4. The fourth-order valence-electron chi connectivity index (χ4n) is 3.95. The molecule has 0 saturated carbocycles. The number of carbonyl (C=O) groups is 1. The molecule has 1 aromatic carbocycles. The van der Waals surface area contributed by atoms with Gasteiger partial charge in [-0.15, -0.1) is 5.10 Å². The van der Waals surface area contributed by atoms with Crippen LogP contribution in [0.15, 0.2) is 44.8 Å². The predicted octanol–water partition coefficient (Wildman–Crippen LogP) is 2.17. The first-order chi connectivity index (χ1) is 14.1. The molecule has 5 rings (SSSR count). The Bertz CT molecular complexity index is 1140. The average Bonchev–Trinajstić information content (AvgIpc) is 3.37. The Morgan fingerprint density at radius 3 is 3.00 bits per heavy atom. The van der Waals surface area contributed by atoms with Crippen LogP contribution in [0.5, 0.6) is 0 Å². The first kappa shape index (κ1) is 17.9. The van der Waals surface area contributed by atoms with Crippen molar-refractivity contribution in [2.75, 3.05) is 29.1 Å². The van der Waals surface area contributed by atoms with Crippen LogP contribution in [0.2, 0.25) is 0 Å². The smallest absolute Gasteiger partial charge is 0.388 e. The van der Waals surface area contributed by atoms with Crippen LogP contribution in [0.1, 0.15) is 23.2 Å². The average molecular weight is 410 g/mol. The number of nitrogens with one attached hydrogen (secondary N) is 1. The molecule has 1 N–H and O–H groups in total. The molecule has 2 aromatic heterocycles. The van der Waals surface area contributed by atoms with Gasteiger partial charge in [-0.25, -0.2) is 19.9 Å². The number of carbonyl (C=O) groups excluding carboxylic acids is 1. The topological polar surface area (TPSA) is 108 Å². The van der Waals surface area contributed by atoms with Crippen LogP contribution in [0.25, 0.3) is 11.5 Å². The molecule has 148 valence electrons. The highest BCUT2D eigenvalue weighted by Crippen LogP contribution is 2.35. The van der Waals surface area contributed by atoms with Crippen molar-refractivity contribution >= 4 is 29.2 Å². The third kappa shape index (κ3) is 3.09. The number of H-pyrrole nitrogens is 1. The number of amides is 1. The van der Waals surface area contributed by atoms with E-state index in [1.807, 2.05) is 18.4 Å². The van der Waals surface area contributed by atoms with Gasteiger partial charge in [0.25, 0.3) is 5.91 Å². The van der Waals surface area contributed by atoms with E-state index in [0.717, 1.165) is 19.4 Å². The second-order valence-corrected chi connectivity index (χ2v) is 7.74. The van der Waals surface area contributed by atoms with Gasteiger partial charge in [-0.1, -0.05) is 17.8 Å². The lowest BCUT2D eigenvalue weighted by molar-refractivity contribution is 0.0988. The van der Waals surface area contributed by atoms with Crippen LogP contribution in [0.4, 0.5) is 11.5 Å². The maximum atomic E-state index is 13.4. The molecule has 1 amide bonds. The maximum absolute atomic E-state index is 13.4. The molecule has 1 atom stereocenters. The number of hydrogen-bond acceptors (Lipinski definition) is 8. The van der Waals surface area contributed by atoms with Gasteiger partial charge in [0, 0.05) is 36.6 Å². The van der Waals surface area contributed by atoms with Crippen molar-refractivity contribution in [3.05, 3.63) is 46.6 Å². The van der Waals surface area contributed by atoms with Gasteiger partial charge in [0.1, 0.15) is 11.4 Å². The number of anilines is 2. The molecule has 1 saturated heterocycles. The molecule has 9 nitrogen and oxygen atoms in total. The summed E-state index contributed by atoms with van der Waals surface area (Å²) in [5, 5.41) is 6.80. The van der Waals surface area contributed by atoms with E-state index in [9.17, 15) is 9.59 Å². The van der Waals surface area contributed by atoms with Gasteiger partial charge in [0.2, 0.25) is 5.89 Å². The zero-order valence-electron chi connectivity index (χ0n) is 15.7. The summed E-state index contributed by atoms with van der Waals surface area (Å²) in [6.45, 7) is 1.43. The summed E-state index contributed by atoms with van der Waals surface area (Å²) in [6.07, 6.45) is 5.60. The van der Waals surface area contributed by atoms with Crippen LogP contribution >= 0.6 is 11.8 Å². The fraction of sp³-hybridized carbons (Fsp3) is 0.316. The van der Waals surface area contributed by atoms with E-state index in [1.165, 1.54) is 11.8 Å². The molecule has 0 spiro atoms. The van der Waals surface area contributed by atoms with Gasteiger partial charge < -0.3 is 14.2 Å². The molecule has 2 aliphatic heterocycles. The highest BCUT2D eigenvalue weighted by molar-refractivity contribution is 7.98. The predicted molar refractivity (Wildman–Crippen MR) is 108 cm³/mol. The molecule has 4 heterocycles. The summed E-state index contributed by atoms with van der Waals surface area (Å²) in [5.41, 5.74) is 1.84. The summed E-state index contributed by atoms with van der Waals surface area (Å²) < 4.78 is 5.06. The van der Waals surface area contributed by atoms with Crippen molar-refractivity contribution in [1.82, 2.24) is 20.2 Å². The number of rotatable bonds is 3. The van der Waals surface area contributed by atoms with Crippen LogP contribution in [-0.2, 0) is 0 Å². The normalized spacial score (nSPS) is 18.5. The molecule has 2 aliphatic rings. The second-order valence-electron chi connectivity index (χ2n) is 6.97. The van der Waals surface area contributed by atoms with Gasteiger partial charge in [-0.05, 0) is 37.3 Å². The third-order valence-corrected chi connectivity index (χ3v) is 5.85. The van der Waals surface area contributed by atoms with Crippen LogP contribution in [-0.4, -0.2) is 51.5 Å². The van der Waals surface area contributed by atoms with Gasteiger partial charge >= 0.3 is 5.76 Å². The molecule has 0 unspecified atom stereocenters. The minimum absolute atomic E-state index is 0.136. The molecule has 0 aliphatic carbocycles. The summed E-state index contributed by atoms with van der Waals surface area (Å²) in [5.74, 6) is 0.153. The molecule has 10 heteroatoms. The number of fused-ring (bicyclic) bond motifs is 3. The molecule has 0 bridgehead atoms. The lowest BCUT2D eigenvalue weighted by Crippen LogP contribution is -2.39. The highest BCUT2D eigenvalue weighted by atomic mass is 32.2. The van der Waals surface area contributed by atoms with E-state index in [2.05, 4.69) is 25.1 Å². The molecular weight excluding hydrogens is 392 g/mol. The lowest BCUT2D eigenvalue weighted by atomic mass is 10.1. The third-order valence-electron chi connectivity index (χ3n) is 5.29. The lowest BCUT2D eigenvalue weighted by Gasteiger charge is -2.27. The minimum Gasteiger partial charge on any atom is -0.388 e. The summed E-state index contributed by atoms with van der Waals surface area (Å²) in [6, 6.07) is 7.47. The van der Waals surface area contributed by atoms with E-state index in [4.69, 9.17) is 4.42 Å². The van der Waals surface area contributed by atoms with Crippen molar-refractivity contribution in [3.8, 4) is 11.5 Å². The molecular formula is C19H18N6O3S. The fourth-order valence-corrected chi connectivity index (χ4v) is 4.29. The summed E-state index contributed by atoms with van der Waals surface area (Å²) in [4.78, 5) is 37.7. The Labute approximate surface area is 170 Å². The molecule has 3 aromatic rings. The Hall–Kier alpha value is -3.14. The summed E-state index contributed by atoms with van der Waals surface area (Å²) in [7, 11) is 0. The number of thioether (sulfide) groups is 1. The van der Waals surface area contributed by atoms with Crippen LogP contribution < -0.4 is 15.6 Å². The maximum Gasteiger partial charge on any atom is 0.434 e. The number of nitrogens with zero attached hydrogens (tertiary/aromatic N) is 5. The zero-order valence-corrected chi connectivity index (χ0v) is 16.5. The first-order valence-electron chi connectivity index (χ1n) is 9.29. The monoisotopic (exact) mass is 410 g/mol. The van der Waals surface area contributed by atoms with Gasteiger partial charge in [0.15, 0.2) is 5.16 Å². The molecule has 29 heavy (non-hydrogen) atoms. The Morgan fingerprint density at radius 2 is 2.21 bits per heavy atom. The van der Waals surface area contributed by atoms with E-state index in [1.54, 1.807) is 23.2 Å². The highest BCUT2D eigenvalue weighted by Gasteiger charge is 2.37. The van der Waals surface area contributed by atoms with Crippen molar-refractivity contribution in [1.29, 1.82) is 0 Å². The van der Waals surface area contributed by atoms with Gasteiger partial charge in [-0.2, -0.15) is 0 Å². The first-order valence-corrected chi connectivity index (χ1v) is 10.5. The van der Waals surface area contributed by atoms with Gasteiger partial charge in [0.05, 0.1) is 0 Å². The quantitative estimate of drug-likeness (QED) is 0.517. The zero-order chi connectivity index (χ0) is 20.0. The Morgan fingerprint density at radius 1 is 1.31 bits per heavy atom. The number of aromatic amines is 1. The Kier molecular flexibility index (Phi) is 4.35. The molecule has 1 fully saturated rings. The van der Waals surface area contributed by atoms with Crippen molar-refractivity contribution in [2.45, 2.75) is 24.0 Å². The van der Waals surface area contributed by atoms with E-state index in [0.29, 0.717) is 34.3 Å². The van der Waals surface area contributed by atoms with Gasteiger partial charge in [-0.3, -0.25) is 4.79 Å². The van der Waals surface area contributed by atoms with Crippen molar-refractivity contribution in [3.63, 3.8) is 0 Å². The number of hydrogen-bond donors (Lipinski definition) is 1. The van der Waals surface area contributed by atoms with Crippen LogP contribution in [0.3, 0.4) is 0 Å². The van der Waals surface area contributed by atoms with E-state index in [-0.39, 0.29) is 17.8 Å². The minimum atomic E-state index is -0.617.